The van der Waals surface area contributed by atoms with Crippen molar-refractivity contribution in [2.45, 2.75) is 11.8 Å². The Balaban J connectivity index is 3.53. The lowest BCUT2D eigenvalue weighted by molar-refractivity contribution is -0.132. The van der Waals surface area contributed by atoms with Gasteiger partial charge in [-0.05, 0) is 41.8 Å². The predicted octanol–water partition coefficient (Wildman–Crippen LogP) is 3.35. The number of hydrogen-bond acceptors (Lipinski definition) is 3. The van der Waals surface area contributed by atoms with Crippen LogP contribution in [0.5, 0.6) is 0 Å². The summed E-state index contributed by atoms with van der Waals surface area (Å²) in [6.45, 7) is 5.44. The highest BCUT2D eigenvalue weighted by Crippen LogP contribution is 2.24. The zero-order valence-electron chi connectivity index (χ0n) is 12.7. The lowest BCUT2D eigenvalue weighted by Crippen LogP contribution is -2.12. The molecule has 5 heteroatoms. The van der Waals surface area contributed by atoms with E-state index in [1.807, 2.05) is 31.4 Å². The van der Waals surface area contributed by atoms with Gasteiger partial charge in [0, 0.05) is 4.90 Å². The number of nitrogens with two attached hydrogens (primary N) is 1. The van der Waals surface area contributed by atoms with E-state index in [2.05, 4.69) is 15.8 Å². The first kappa shape index (κ1) is 18.3. The van der Waals surface area contributed by atoms with E-state index in [9.17, 15) is 9.90 Å². The lowest BCUT2D eigenvalue weighted by Gasteiger charge is -2.11. The van der Waals surface area contributed by atoms with E-state index in [1.54, 1.807) is 36.1 Å². The standard InChI is InChI=1S/C17H20NO2PS/c1-4-6-11(7-5-2)15(17(19)20)16(18)12-8-9-14(22-3)13(21)10-12/h4-10H,1,18,21H2,2-3H3,(H,19,20)/b7-5-,11-6+,16-15-. The molecule has 0 radical (unpaired) electrons. The van der Waals surface area contributed by atoms with Gasteiger partial charge in [-0.1, -0.05) is 36.9 Å². The van der Waals surface area contributed by atoms with Crippen molar-refractivity contribution in [3.05, 3.63) is 65.8 Å². The average molecular weight is 333 g/mol. The molecule has 0 aliphatic rings. The van der Waals surface area contributed by atoms with Crippen LogP contribution in [0.1, 0.15) is 12.5 Å². The van der Waals surface area contributed by atoms with E-state index in [4.69, 9.17) is 5.73 Å². The molecule has 0 heterocycles. The van der Waals surface area contributed by atoms with Crippen LogP contribution in [0.3, 0.4) is 0 Å². The largest absolute Gasteiger partial charge is 0.478 e. The number of benzene rings is 1. The quantitative estimate of drug-likeness (QED) is 0.363. The van der Waals surface area contributed by atoms with E-state index in [0.717, 1.165) is 10.2 Å². The normalized spacial score (nSPS) is 13.1. The van der Waals surface area contributed by atoms with Crippen LogP contribution in [-0.2, 0) is 4.79 Å². The van der Waals surface area contributed by atoms with Crippen molar-refractivity contribution in [3.8, 4) is 0 Å². The molecule has 1 aromatic carbocycles. The summed E-state index contributed by atoms with van der Waals surface area (Å²) in [5.74, 6) is -1.07. The van der Waals surface area contributed by atoms with Gasteiger partial charge >= 0.3 is 5.97 Å². The second-order valence-corrected chi connectivity index (χ2v) is 5.88. The molecule has 116 valence electrons. The Morgan fingerprint density at radius 1 is 1.45 bits per heavy atom. The Morgan fingerprint density at radius 3 is 2.59 bits per heavy atom. The molecule has 0 aliphatic heterocycles. The zero-order chi connectivity index (χ0) is 16.7. The monoisotopic (exact) mass is 333 g/mol. The Bertz CT molecular complexity index is 675. The van der Waals surface area contributed by atoms with Crippen molar-refractivity contribution in [1.82, 2.24) is 0 Å². The maximum absolute atomic E-state index is 11.7. The van der Waals surface area contributed by atoms with Gasteiger partial charge in [0.15, 0.2) is 0 Å². The highest BCUT2D eigenvalue weighted by atomic mass is 32.2. The van der Waals surface area contributed by atoms with Crippen LogP contribution in [0.2, 0.25) is 0 Å². The number of thioether (sulfide) groups is 1. The van der Waals surface area contributed by atoms with Crippen molar-refractivity contribution in [2.75, 3.05) is 6.26 Å². The molecule has 0 aliphatic carbocycles. The van der Waals surface area contributed by atoms with Crippen LogP contribution >= 0.6 is 21.0 Å². The number of hydrogen-bond donors (Lipinski definition) is 2. The van der Waals surface area contributed by atoms with E-state index in [1.165, 1.54) is 0 Å². The van der Waals surface area contributed by atoms with Gasteiger partial charge < -0.3 is 10.8 Å². The topological polar surface area (TPSA) is 63.3 Å². The van der Waals surface area contributed by atoms with Gasteiger partial charge in [0.25, 0.3) is 0 Å². The third-order valence-electron chi connectivity index (χ3n) is 2.96. The van der Waals surface area contributed by atoms with Crippen LogP contribution in [-0.4, -0.2) is 17.3 Å². The van der Waals surface area contributed by atoms with Crippen molar-refractivity contribution in [1.29, 1.82) is 0 Å². The Morgan fingerprint density at radius 2 is 2.14 bits per heavy atom. The van der Waals surface area contributed by atoms with E-state index in [-0.39, 0.29) is 11.3 Å². The molecule has 1 atom stereocenters. The molecule has 1 aromatic rings. The number of carboxylic acids is 1. The minimum absolute atomic E-state index is 0.0688. The summed E-state index contributed by atoms with van der Waals surface area (Å²) in [5.41, 5.74) is 7.63. The molecule has 0 fully saturated rings. The second kappa shape index (κ2) is 8.62. The molecule has 0 bridgehead atoms. The third kappa shape index (κ3) is 4.36. The Hall–Kier alpha value is -1.77. The highest BCUT2D eigenvalue weighted by molar-refractivity contribution is 7.99. The van der Waals surface area contributed by atoms with Crippen molar-refractivity contribution in [3.63, 3.8) is 0 Å². The summed E-state index contributed by atoms with van der Waals surface area (Å²) in [5, 5.41) is 10.5. The molecule has 3 N–H and O–H groups in total. The molecular weight excluding hydrogens is 313 g/mol. The summed E-state index contributed by atoms with van der Waals surface area (Å²) >= 11 is 1.62. The van der Waals surface area contributed by atoms with E-state index >= 15 is 0 Å². The third-order valence-corrected chi connectivity index (χ3v) is 4.45. The van der Waals surface area contributed by atoms with Crippen LogP contribution in [0.4, 0.5) is 0 Å². The van der Waals surface area contributed by atoms with Gasteiger partial charge in [-0.2, -0.15) is 0 Å². The SMILES string of the molecule is C=C/C=C(\C=C/C)C(/C(=O)O)=C(/N)c1ccc(SC)c(P)c1. The molecule has 1 unspecified atom stereocenters. The number of allylic oxidation sites excluding steroid dienone is 4. The molecule has 0 spiro atoms. The van der Waals surface area contributed by atoms with E-state index < -0.39 is 5.97 Å². The number of carboxylic acid groups (broad SMARTS) is 1. The average Bonchev–Trinajstić information content (AvgIpc) is 2.47. The van der Waals surface area contributed by atoms with Gasteiger partial charge in [-0.3, -0.25) is 0 Å². The molecule has 0 aromatic heterocycles. The molecule has 0 saturated carbocycles. The zero-order valence-corrected chi connectivity index (χ0v) is 14.6. The maximum Gasteiger partial charge on any atom is 0.338 e. The van der Waals surface area contributed by atoms with Crippen molar-refractivity contribution < 1.29 is 9.90 Å². The first-order chi connectivity index (χ1) is 10.5. The van der Waals surface area contributed by atoms with Crippen molar-refractivity contribution in [2.24, 2.45) is 5.73 Å². The predicted molar refractivity (Wildman–Crippen MR) is 99.4 cm³/mol. The van der Waals surface area contributed by atoms with Crippen LogP contribution in [0, 0.1) is 0 Å². The van der Waals surface area contributed by atoms with Gasteiger partial charge in [0.05, 0.1) is 11.3 Å². The van der Waals surface area contributed by atoms with Gasteiger partial charge in [0.2, 0.25) is 0 Å². The van der Waals surface area contributed by atoms with Gasteiger partial charge in [-0.15, -0.1) is 21.0 Å². The number of aliphatic carboxylic acids is 1. The summed E-state index contributed by atoms with van der Waals surface area (Å²) in [6.07, 6.45) is 8.64. The lowest BCUT2D eigenvalue weighted by atomic mass is 9.99. The molecular formula is C17H20NO2PS. The second-order valence-electron chi connectivity index (χ2n) is 4.41. The Labute approximate surface area is 137 Å². The molecule has 3 nitrogen and oxygen atoms in total. The van der Waals surface area contributed by atoms with Crippen molar-refractivity contribution >= 4 is 38.0 Å². The summed E-state index contributed by atoms with van der Waals surface area (Å²) < 4.78 is 0. The van der Waals surface area contributed by atoms with Crippen LogP contribution in [0.25, 0.3) is 5.70 Å². The van der Waals surface area contributed by atoms with E-state index in [0.29, 0.717) is 11.1 Å². The molecule has 0 amide bonds. The number of carbonyl (C=O) groups is 1. The first-order valence-electron chi connectivity index (χ1n) is 6.59. The van der Waals surface area contributed by atoms with Crippen LogP contribution < -0.4 is 11.0 Å². The van der Waals surface area contributed by atoms with Gasteiger partial charge in [0.1, 0.15) is 0 Å². The molecule has 22 heavy (non-hydrogen) atoms. The fraction of sp³-hybridized carbons (Fsp3) is 0.118. The smallest absolute Gasteiger partial charge is 0.338 e. The summed E-state index contributed by atoms with van der Waals surface area (Å²) in [4.78, 5) is 12.8. The summed E-state index contributed by atoms with van der Waals surface area (Å²) in [6, 6.07) is 5.63. The fourth-order valence-corrected chi connectivity index (χ4v) is 3.10. The van der Waals surface area contributed by atoms with Gasteiger partial charge in [-0.25, -0.2) is 4.79 Å². The molecule has 1 rings (SSSR count). The first-order valence-corrected chi connectivity index (χ1v) is 8.39. The highest BCUT2D eigenvalue weighted by Gasteiger charge is 2.17. The Kier molecular flexibility index (Phi) is 7.16. The minimum atomic E-state index is -1.07. The fourth-order valence-electron chi connectivity index (χ4n) is 1.97. The van der Waals surface area contributed by atoms with Crippen LogP contribution in [0.15, 0.2) is 65.1 Å². The minimum Gasteiger partial charge on any atom is -0.478 e. The number of rotatable bonds is 6. The molecule has 0 saturated heterocycles. The summed E-state index contributed by atoms with van der Waals surface area (Å²) in [7, 11) is 2.64. The maximum atomic E-state index is 11.7.